The summed E-state index contributed by atoms with van der Waals surface area (Å²) in [5.41, 5.74) is -0.189. The number of rotatable bonds is 2. The fourth-order valence-electron chi connectivity index (χ4n) is 1.73. The third-order valence-corrected chi connectivity index (χ3v) is 2.42. The van der Waals surface area contributed by atoms with Crippen molar-refractivity contribution < 1.29 is 23.8 Å². The van der Waals surface area contributed by atoms with Crippen LogP contribution in [0.4, 0.5) is 10.5 Å². The second-order valence-corrected chi connectivity index (χ2v) is 5.23. The molecule has 0 fully saturated rings. The Morgan fingerprint density at radius 2 is 1.90 bits per heavy atom. The molecule has 106 valence electrons. The predicted molar refractivity (Wildman–Crippen MR) is 73.0 cm³/mol. The lowest BCUT2D eigenvalue weighted by Crippen LogP contribution is -2.27. The molecular weight excluding hydrogens is 262 g/mol. The summed E-state index contributed by atoms with van der Waals surface area (Å²) in [6.07, 6.45) is -0.730. The van der Waals surface area contributed by atoms with Crippen LogP contribution in [0.15, 0.2) is 28.7 Å². The van der Waals surface area contributed by atoms with E-state index in [-0.39, 0.29) is 11.4 Å². The normalized spacial score (nSPS) is 11.3. The van der Waals surface area contributed by atoms with Crippen LogP contribution < -0.4 is 5.32 Å². The minimum atomic E-state index is -1.26. The molecule has 1 aromatic heterocycles. The monoisotopic (exact) mass is 277 g/mol. The first-order valence-electron chi connectivity index (χ1n) is 6.03. The summed E-state index contributed by atoms with van der Waals surface area (Å²) in [5, 5.41) is 12.1. The molecule has 0 saturated heterocycles. The van der Waals surface area contributed by atoms with Gasteiger partial charge in [-0.3, -0.25) is 5.32 Å². The Morgan fingerprint density at radius 1 is 1.25 bits per heavy atom. The van der Waals surface area contributed by atoms with Gasteiger partial charge in [-0.25, -0.2) is 9.59 Å². The van der Waals surface area contributed by atoms with Gasteiger partial charge in [0.15, 0.2) is 0 Å². The van der Waals surface area contributed by atoms with E-state index in [1.807, 2.05) is 0 Å². The first-order chi connectivity index (χ1) is 9.28. The highest BCUT2D eigenvalue weighted by molar-refractivity contribution is 6.07. The highest BCUT2D eigenvalue weighted by atomic mass is 16.6. The number of carbonyl (C=O) groups excluding carboxylic acids is 1. The second kappa shape index (κ2) is 4.88. The van der Waals surface area contributed by atoms with Gasteiger partial charge in [0, 0.05) is 5.39 Å². The Balaban J connectivity index is 2.39. The number of carbonyl (C=O) groups is 2. The summed E-state index contributed by atoms with van der Waals surface area (Å²) >= 11 is 0. The molecule has 0 aliphatic rings. The molecule has 6 heteroatoms. The number of aromatic carboxylic acids is 1. The predicted octanol–water partition coefficient (Wildman–Crippen LogP) is 3.48. The van der Waals surface area contributed by atoms with Gasteiger partial charge in [0.2, 0.25) is 5.76 Å². The molecule has 2 aromatic rings. The van der Waals surface area contributed by atoms with Gasteiger partial charge in [-0.05, 0) is 32.9 Å². The molecule has 1 heterocycles. The van der Waals surface area contributed by atoms with Crippen molar-refractivity contribution in [3.05, 3.63) is 30.0 Å². The fraction of sp³-hybridized carbons (Fsp3) is 0.286. The Morgan fingerprint density at radius 3 is 2.50 bits per heavy atom. The summed E-state index contributed by atoms with van der Waals surface area (Å²) < 4.78 is 10.3. The van der Waals surface area contributed by atoms with Crippen molar-refractivity contribution in [2.24, 2.45) is 0 Å². The second-order valence-electron chi connectivity index (χ2n) is 5.23. The van der Waals surface area contributed by atoms with Crippen molar-refractivity contribution >= 4 is 28.7 Å². The molecule has 0 saturated carbocycles. The molecule has 0 bridgehead atoms. The number of benzene rings is 1. The highest BCUT2D eigenvalue weighted by Crippen LogP contribution is 2.31. The van der Waals surface area contributed by atoms with Gasteiger partial charge in [-0.1, -0.05) is 12.1 Å². The van der Waals surface area contributed by atoms with E-state index in [2.05, 4.69) is 5.32 Å². The topological polar surface area (TPSA) is 88.8 Å². The van der Waals surface area contributed by atoms with Gasteiger partial charge in [0.25, 0.3) is 0 Å². The Kier molecular flexibility index (Phi) is 3.40. The van der Waals surface area contributed by atoms with Crippen LogP contribution in [-0.2, 0) is 4.74 Å². The van der Waals surface area contributed by atoms with E-state index < -0.39 is 17.7 Å². The molecule has 20 heavy (non-hydrogen) atoms. The van der Waals surface area contributed by atoms with Crippen LogP contribution in [0, 0.1) is 0 Å². The number of carboxylic acid groups (broad SMARTS) is 1. The van der Waals surface area contributed by atoms with E-state index >= 15 is 0 Å². The van der Waals surface area contributed by atoms with Gasteiger partial charge in [-0.2, -0.15) is 0 Å². The zero-order valence-electron chi connectivity index (χ0n) is 11.4. The van der Waals surface area contributed by atoms with Gasteiger partial charge < -0.3 is 14.3 Å². The molecule has 1 aromatic carbocycles. The van der Waals surface area contributed by atoms with Crippen LogP contribution in [0.1, 0.15) is 31.3 Å². The zero-order valence-corrected chi connectivity index (χ0v) is 11.4. The maximum absolute atomic E-state index is 11.8. The molecule has 0 atom stereocenters. The largest absolute Gasteiger partial charge is 0.475 e. The van der Waals surface area contributed by atoms with Crippen molar-refractivity contribution in [2.75, 3.05) is 5.32 Å². The number of anilines is 1. The minimum absolute atomic E-state index is 0.0994. The van der Waals surface area contributed by atoms with E-state index in [1.165, 1.54) is 0 Å². The summed E-state index contributed by atoms with van der Waals surface area (Å²) in [6, 6.07) is 6.73. The van der Waals surface area contributed by atoms with Gasteiger partial charge in [0.1, 0.15) is 16.9 Å². The SMILES string of the molecule is CC(C)(C)OC(=O)Nc1c(C(=O)O)oc2ccccc12. The number of amides is 1. The number of hydrogen-bond donors (Lipinski definition) is 2. The Labute approximate surface area is 115 Å². The van der Waals surface area contributed by atoms with Crippen LogP contribution in [0.2, 0.25) is 0 Å². The molecule has 2 N–H and O–H groups in total. The molecule has 0 aliphatic heterocycles. The summed E-state index contributed by atoms with van der Waals surface area (Å²) in [6.45, 7) is 5.16. The first kappa shape index (κ1) is 13.9. The molecule has 1 amide bonds. The van der Waals surface area contributed by atoms with Crippen LogP contribution in [0.5, 0.6) is 0 Å². The molecule has 0 aliphatic carbocycles. The van der Waals surface area contributed by atoms with E-state index in [0.717, 1.165) is 0 Å². The number of furan rings is 1. The number of para-hydroxylation sites is 1. The van der Waals surface area contributed by atoms with Crippen molar-refractivity contribution in [3.63, 3.8) is 0 Å². The molecular formula is C14H15NO5. The standard InChI is InChI=1S/C14H15NO5/c1-14(2,3)20-13(18)15-10-8-6-4-5-7-9(8)19-11(10)12(16)17/h4-7H,1-3H3,(H,15,18)(H,16,17). The number of carboxylic acids is 1. The van der Waals surface area contributed by atoms with E-state index in [4.69, 9.17) is 14.3 Å². The van der Waals surface area contributed by atoms with Crippen LogP contribution in [0.3, 0.4) is 0 Å². The number of hydrogen-bond acceptors (Lipinski definition) is 4. The number of fused-ring (bicyclic) bond motifs is 1. The average Bonchev–Trinajstić information content (AvgIpc) is 2.66. The minimum Gasteiger partial charge on any atom is -0.475 e. The summed E-state index contributed by atoms with van der Waals surface area (Å²) in [5.74, 6) is -1.58. The molecule has 2 rings (SSSR count). The van der Waals surface area contributed by atoms with E-state index in [9.17, 15) is 9.59 Å². The van der Waals surface area contributed by atoms with Crippen LogP contribution in [0.25, 0.3) is 11.0 Å². The first-order valence-corrected chi connectivity index (χ1v) is 6.03. The fourth-order valence-corrected chi connectivity index (χ4v) is 1.73. The van der Waals surface area contributed by atoms with Gasteiger partial charge >= 0.3 is 12.1 Å². The Hall–Kier alpha value is -2.50. The van der Waals surface area contributed by atoms with Gasteiger partial charge in [-0.15, -0.1) is 0 Å². The van der Waals surface area contributed by atoms with Crippen LogP contribution >= 0.6 is 0 Å². The van der Waals surface area contributed by atoms with Crippen molar-refractivity contribution in [3.8, 4) is 0 Å². The maximum Gasteiger partial charge on any atom is 0.412 e. The van der Waals surface area contributed by atoms with Gasteiger partial charge in [0.05, 0.1) is 0 Å². The highest BCUT2D eigenvalue weighted by Gasteiger charge is 2.24. The Bertz CT molecular complexity index is 666. The van der Waals surface area contributed by atoms with E-state index in [1.54, 1.807) is 45.0 Å². The quantitative estimate of drug-likeness (QED) is 0.877. The lowest BCUT2D eigenvalue weighted by atomic mass is 10.2. The lowest BCUT2D eigenvalue weighted by molar-refractivity contribution is 0.0635. The number of ether oxygens (including phenoxy) is 1. The van der Waals surface area contributed by atoms with Crippen LogP contribution in [-0.4, -0.2) is 22.8 Å². The lowest BCUT2D eigenvalue weighted by Gasteiger charge is -2.19. The third-order valence-electron chi connectivity index (χ3n) is 2.42. The average molecular weight is 277 g/mol. The smallest absolute Gasteiger partial charge is 0.412 e. The van der Waals surface area contributed by atoms with E-state index in [0.29, 0.717) is 11.0 Å². The van der Waals surface area contributed by atoms with Crippen molar-refractivity contribution in [1.29, 1.82) is 0 Å². The molecule has 6 nitrogen and oxygen atoms in total. The van der Waals surface area contributed by atoms with Crippen molar-refractivity contribution in [1.82, 2.24) is 0 Å². The number of nitrogens with one attached hydrogen (secondary N) is 1. The summed E-state index contributed by atoms with van der Waals surface area (Å²) in [7, 11) is 0. The zero-order chi connectivity index (χ0) is 14.9. The summed E-state index contributed by atoms with van der Waals surface area (Å²) in [4.78, 5) is 22.9. The third kappa shape index (κ3) is 2.90. The molecule has 0 unspecified atom stereocenters. The maximum atomic E-state index is 11.8. The molecule has 0 spiro atoms. The molecule has 0 radical (unpaired) electrons. The van der Waals surface area contributed by atoms with Crippen molar-refractivity contribution in [2.45, 2.75) is 26.4 Å².